The zero-order valence-corrected chi connectivity index (χ0v) is 14.3. The van der Waals surface area contributed by atoms with Crippen LogP contribution < -0.4 is 5.32 Å². The van der Waals surface area contributed by atoms with Crippen molar-refractivity contribution >= 4 is 28.6 Å². The molecule has 116 valence electrons. The lowest BCUT2D eigenvalue weighted by Gasteiger charge is -2.20. The molecule has 1 heterocycles. The number of pyridine rings is 1. The second-order valence-corrected chi connectivity index (χ2v) is 6.42. The van der Waals surface area contributed by atoms with Gasteiger partial charge >= 0.3 is 0 Å². The highest BCUT2D eigenvalue weighted by atomic mass is 32.2. The van der Waals surface area contributed by atoms with Crippen molar-refractivity contribution in [2.75, 3.05) is 5.75 Å². The predicted octanol–water partition coefficient (Wildman–Crippen LogP) is 4.51. The number of amides is 1. The average Bonchev–Trinajstić information content (AvgIpc) is 2.45. The van der Waals surface area contributed by atoms with Crippen molar-refractivity contribution in [3.8, 4) is 0 Å². The predicted molar refractivity (Wildman–Crippen MR) is 93.8 cm³/mol. The Morgan fingerprint density at radius 3 is 2.52 bits per heavy atom. The lowest BCUT2D eigenvalue weighted by Crippen LogP contribution is -2.41. The molecule has 2 rings (SSSR count). The summed E-state index contributed by atoms with van der Waals surface area (Å²) in [6.45, 7) is 9.93. The molecule has 0 radical (unpaired) electrons. The molecule has 0 aliphatic heterocycles. The van der Waals surface area contributed by atoms with Gasteiger partial charge in [0.05, 0.1) is 16.3 Å². The van der Waals surface area contributed by atoms with E-state index in [2.05, 4.69) is 10.3 Å². The fourth-order valence-corrected chi connectivity index (χ4v) is 2.40. The van der Waals surface area contributed by atoms with Gasteiger partial charge < -0.3 is 5.32 Å². The van der Waals surface area contributed by atoms with Gasteiger partial charge in [0, 0.05) is 12.4 Å². The molecule has 0 aliphatic carbocycles. The molecule has 0 bridgehead atoms. The van der Waals surface area contributed by atoms with Crippen molar-refractivity contribution in [1.29, 1.82) is 0 Å². The molecule has 0 saturated heterocycles. The van der Waals surface area contributed by atoms with Crippen LogP contribution in [0.3, 0.4) is 0 Å². The molecule has 0 saturated carbocycles. The van der Waals surface area contributed by atoms with Crippen LogP contribution in [0.4, 0.5) is 0 Å². The van der Waals surface area contributed by atoms with E-state index in [1.165, 1.54) is 11.8 Å². The topological polar surface area (TPSA) is 42.0 Å². The number of carbonyl (C=O) groups excluding carboxylic acids is 1. The second kappa shape index (κ2) is 8.03. The van der Waals surface area contributed by atoms with Crippen LogP contribution in [0.15, 0.2) is 41.4 Å². The summed E-state index contributed by atoms with van der Waals surface area (Å²) in [4.78, 5) is 16.3. The summed E-state index contributed by atoms with van der Waals surface area (Å²) in [6.07, 6.45) is 0. The molecule has 0 fully saturated rings. The Balaban J connectivity index is 0.00000141. The summed E-state index contributed by atoms with van der Waals surface area (Å²) in [5.41, 5.74) is 0.776. The van der Waals surface area contributed by atoms with Crippen molar-refractivity contribution < 1.29 is 6.22 Å². The second-order valence-electron chi connectivity index (χ2n) is 5.43. The number of hydrogen-bond donors (Lipinski definition) is 1. The lowest BCUT2D eigenvalue weighted by molar-refractivity contribution is -0.119. The molecule has 1 aromatic carbocycles. The minimum absolute atomic E-state index is 0. The van der Waals surface area contributed by atoms with Gasteiger partial charge in [-0.15, -0.1) is 0 Å². The van der Waals surface area contributed by atoms with Crippen molar-refractivity contribution in [2.45, 2.75) is 45.2 Å². The smallest absolute Gasteiger partial charge is 0.230 e. The highest BCUT2D eigenvalue weighted by Gasteiger charge is 2.13. The van der Waals surface area contributed by atoms with Gasteiger partial charge in [-0.1, -0.05) is 49.9 Å². The van der Waals surface area contributed by atoms with Crippen LogP contribution in [0.1, 0.15) is 36.0 Å². The summed E-state index contributed by atoms with van der Waals surface area (Å²) < 4.78 is 0. The van der Waals surface area contributed by atoms with Gasteiger partial charge in [0.1, 0.15) is 0 Å². The molecule has 0 atom stereocenters. The molecular weight excluding hydrogens is 280 g/mol. The van der Waals surface area contributed by atoms with Crippen LogP contribution >= 0.6 is 11.8 Å². The molecule has 1 aromatic heterocycles. The van der Waals surface area contributed by atoms with E-state index >= 15 is 0 Å². The number of carbonyl (C=O) groups is 1. The molecule has 2 aromatic rings. The summed E-state index contributed by atoms with van der Waals surface area (Å²) in [5.74, 6) is 0.426. The maximum Gasteiger partial charge on any atom is 0.230 e. The van der Waals surface area contributed by atoms with Crippen LogP contribution in [0.25, 0.3) is 10.9 Å². The van der Waals surface area contributed by atoms with Gasteiger partial charge in [0.25, 0.3) is 0 Å². The number of benzene rings is 1. The number of nitrogens with one attached hydrogen (secondary N) is 1. The van der Waals surface area contributed by atoms with Gasteiger partial charge in [0.15, 0.2) is 0 Å². The lowest BCUT2D eigenvalue weighted by atomic mass is 10.1. The van der Waals surface area contributed by atoms with Gasteiger partial charge in [-0.25, -0.2) is 4.98 Å². The fourth-order valence-electron chi connectivity index (χ4n) is 1.72. The molecule has 0 unspecified atom stereocenters. The maximum absolute atomic E-state index is 11.7. The maximum atomic E-state index is 11.7. The molecule has 0 aliphatic rings. The van der Waals surface area contributed by atoms with E-state index in [0.717, 1.165) is 15.9 Å². The fraction of sp³-hybridized carbons (Fsp3) is 0.412. The third-order valence-electron chi connectivity index (χ3n) is 2.44. The summed E-state index contributed by atoms with van der Waals surface area (Å²) in [6, 6.07) is 12.0. The zero-order valence-electron chi connectivity index (χ0n) is 13.4. The normalized spacial score (nSPS) is 10.7. The van der Waals surface area contributed by atoms with E-state index in [1.807, 2.05) is 71.0 Å². The van der Waals surface area contributed by atoms with E-state index in [0.29, 0.717) is 5.75 Å². The monoisotopic (exact) mass is 306 g/mol. The SMILES string of the molecule is CC.CC(C)(C)NC(=O)CSc1ccc2ccccc2n1.[HH]. The highest BCUT2D eigenvalue weighted by Crippen LogP contribution is 2.19. The Labute approximate surface area is 133 Å². The number of aromatic nitrogens is 1. The van der Waals surface area contributed by atoms with Gasteiger partial charge in [-0.05, 0) is 32.9 Å². The zero-order chi connectivity index (χ0) is 15.9. The first-order chi connectivity index (χ1) is 9.94. The third-order valence-corrected chi connectivity index (χ3v) is 3.37. The number of rotatable bonds is 3. The number of thioether (sulfide) groups is 1. The highest BCUT2D eigenvalue weighted by molar-refractivity contribution is 7.99. The Kier molecular flexibility index (Phi) is 6.69. The first-order valence-corrected chi connectivity index (χ1v) is 8.22. The van der Waals surface area contributed by atoms with Crippen molar-refractivity contribution in [3.63, 3.8) is 0 Å². The molecule has 1 N–H and O–H groups in total. The van der Waals surface area contributed by atoms with E-state index in [1.54, 1.807) is 0 Å². The summed E-state index contributed by atoms with van der Waals surface area (Å²) in [5, 5.41) is 4.93. The summed E-state index contributed by atoms with van der Waals surface area (Å²) in [7, 11) is 0. The average molecular weight is 306 g/mol. The molecule has 21 heavy (non-hydrogen) atoms. The molecule has 4 heteroatoms. The number of nitrogens with zero attached hydrogens (tertiary/aromatic N) is 1. The first kappa shape index (κ1) is 17.5. The quantitative estimate of drug-likeness (QED) is 0.848. The molecule has 1 amide bonds. The minimum Gasteiger partial charge on any atom is -0.351 e. The standard InChI is InChI=1S/C15H18N2OS.C2H6.H2/c1-15(2,3)17-13(18)10-19-14-9-8-11-6-4-5-7-12(11)16-14;1-2;/h4-9H,10H2,1-3H3,(H,17,18);1-2H3;1H. The molecule has 3 nitrogen and oxygen atoms in total. The number of fused-ring (bicyclic) bond motifs is 1. The summed E-state index contributed by atoms with van der Waals surface area (Å²) >= 11 is 1.46. The molecule has 0 spiro atoms. The van der Waals surface area contributed by atoms with E-state index in [-0.39, 0.29) is 12.9 Å². The van der Waals surface area contributed by atoms with Crippen LogP contribution in [0.2, 0.25) is 0 Å². The van der Waals surface area contributed by atoms with E-state index < -0.39 is 0 Å². The van der Waals surface area contributed by atoms with Crippen molar-refractivity contribution in [2.24, 2.45) is 0 Å². The largest absolute Gasteiger partial charge is 0.351 e. The van der Waals surface area contributed by atoms with E-state index in [4.69, 9.17) is 0 Å². The first-order valence-electron chi connectivity index (χ1n) is 7.24. The van der Waals surface area contributed by atoms with Gasteiger partial charge in [-0.2, -0.15) is 0 Å². The van der Waals surface area contributed by atoms with Crippen molar-refractivity contribution in [1.82, 2.24) is 10.3 Å². The number of para-hydroxylation sites is 1. The Morgan fingerprint density at radius 1 is 1.19 bits per heavy atom. The van der Waals surface area contributed by atoms with E-state index in [9.17, 15) is 4.79 Å². The Hall–Kier alpha value is -1.55. The minimum atomic E-state index is -0.186. The molecular formula is C17H26N2OS. The third kappa shape index (κ3) is 6.17. The van der Waals surface area contributed by atoms with Crippen molar-refractivity contribution in [3.05, 3.63) is 36.4 Å². The van der Waals surface area contributed by atoms with Crippen LogP contribution in [-0.4, -0.2) is 22.2 Å². The Morgan fingerprint density at radius 2 is 1.86 bits per heavy atom. The van der Waals surface area contributed by atoms with Crippen LogP contribution in [0, 0.1) is 0 Å². The van der Waals surface area contributed by atoms with Crippen LogP contribution in [-0.2, 0) is 4.79 Å². The van der Waals surface area contributed by atoms with Crippen LogP contribution in [0.5, 0.6) is 0 Å². The number of hydrogen-bond acceptors (Lipinski definition) is 3. The van der Waals surface area contributed by atoms with Gasteiger partial charge in [0.2, 0.25) is 5.91 Å². The van der Waals surface area contributed by atoms with Gasteiger partial charge in [-0.3, -0.25) is 4.79 Å². The Bertz CT molecular complexity index is 596.